The van der Waals surface area contributed by atoms with Gasteiger partial charge in [0.2, 0.25) is 5.88 Å². The maximum atomic E-state index is 11.8. The molecule has 3 aromatic rings. The van der Waals surface area contributed by atoms with Gasteiger partial charge in [0.25, 0.3) is 0 Å². The molecule has 0 bridgehead atoms. The van der Waals surface area contributed by atoms with Crippen LogP contribution in [-0.4, -0.2) is 32.3 Å². The Balaban J connectivity index is 2.14. The molecule has 7 nitrogen and oxygen atoms in total. The molecule has 0 unspecified atom stereocenters. The fourth-order valence-corrected chi connectivity index (χ4v) is 2.43. The molecule has 0 aliphatic carbocycles. The van der Waals surface area contributed by atoms with E-state index in [1.807, 2.05) is 13.0 Å². The molecule has 1 aromatic carbocycles. The number of benzene rings is 1. The summed E-state index contributed by atoms with van der Waals surface area (Å²) in [6.07, 6.45) is 0. The summed E-state index contributed by atoms with van der Waals surface area (Å²) >= 11 is 0. The van der Waals surface area contributed by atoms with Crippen molar-refractivity contribution in [2.75, 3.05) is 6.61 Å². The third-order valence-electron chi connectivity index (χ3n) is 3.62. The molecule has 24 heavy (non-hydrogen) atoms. The van der Waals surface area contributed by atoms with Crippen LogP contribution in [-0.2, 0) is 4.74 Å². The number of rotatable bonds is 3. The summed E-state index contributed by atoms with van der Waals surface area (Å²) in [6.45, 7) is 3.74. The number of ether oxygens (including phenoxy) is 1. The van der Waals surface area contributed by atoms with Gasteiger partial charge in [-0.3, -0.25) is 0 Å². The average molecular weight is 322 g/mol. The molecule has 0 aliphatic rings. The Kier molecular flexibility index (Phi) is 3.88. The molecule has 3 rings (SSSR count). The van der Waals surface area contributed by atoms with Crippen molar-refractivity contribution in [2.24, 2.45) is 0 Å². The molecule has 7 heteroatoms. The topological polar surface area (TPSA) is 101 Å². The molecule has 0 saturated heterocycles. The van der Waals surface area contributed by atoms with E-state index >= 15 is 0 Å². The van der Waals surface area contributed by atoms with Crippen molar-refractivity contribution in [2.45, 2.75) is 13.8 Å². The van der Waals surface area contributed by atoms with Crippen LogP contribution < -0.4 is 0 Å². The Morgan fingerprint density at radius 1 is 1.42 bits per heavy atom. The van der Waals surface area contributed by atoms with Crippen molar-refractivity contribution in [1.82, 2.24) is 14.6 Å². The largest absolute Gasteiger partial charge is 0.493 e. The van der Waals surface area contributed by atoms with Crippen LogP contribution in [0.2, 0.25) is 0 Å². The van der Waals surface area contributed by atoms with Crippen LogP contribution in [0.1, 0.15) is 28.5 Å². The first kappa shape index (κ1) is 15.5. The van der Waals surface area contributed by atoms with E-state index in [-0.39, 0.29) is 18.2 Å². The molecule has 0 radical (unpaired) electrons. The summed E-state index contributed by atoms with van der Waals surface area (Å²) in [5.41, 5.74) is 2.97. The monoisotopic (exact) mass is 322 g/mol. The minimum Gasteiger partial charge on any atom is -0.493 e. The Labute approximate surface area is 137 Å². The summed E-state index contributed by atoms with van der Waals surface area (Å²) in [5, 5.41) is 23.5. The smallest absolute Gasteiger partial charge is 0.357 e. The maximum Gasteiger partial charge on any atom is 0.357 e. The standard InChI is InChI=1S/C17H14N4O3/c1-3-24-17(23)14-8-16(22)21-15(19-14)7-13(20-21)12-6-4-5-11(9-18)10(12)2/h4-8,22H,3H2,1-2H3. The average Bonchev–Trinajstić information content (AvgIpc) is 2.99. The summed E-state index contributed by atoms with van der Waals surface area (Å²) in [5.74, 6) is -0.830. The molecular formula is C17H14N4O3. The number of carbonyl (C=O) groups excluding carboxylic acids is 1. The van der Waals surface area contributed by atoms with Crippen LogP contribution in [0, 0.1) is 18.3 Å². The second-order valence-corrected chi connectivity index (χ2v) is 5.11. The van der Waals surface area contributed by atoms with E-state index in [1.54, 1.807) is 25.1 Å². The summed E-state index contributed by atoms with van der Waals surface area (Å²) in [4.78, 5) is 16.0. The number of nitriles is 1. The number of hydrogen-bond donors (Lipinski definition) is 1. The van der Waals surface area contributed by atoms with Gasteiger partial charge in [0, 0.05) is 17.7 Å². The van der Waals surface area contributed by atoms with E-state index in [1.165, 1.54) is 10.6 Å². The molecule has 120 valence electrons. The second kappa shape index (κ2) is 6.01. The van der Waals surface area contributed by atoms with E-state index in [4.69, 9.17) is 10.00 Å². The maximum absolute atomic E-state index is 11.8. The summed E-state index contributed by atoms with van der Waals surface area (Å²) in [7, 11) is 0. The van der Waals surface area contributed by atoms with Crippen molar-refractivity contribution < 1.29 is 14.6 Å². The molecule has 1 N–H and O–H groups in total. The van der Waals surface area contributed by atoms with Crippen LogP contribution in [0.3, 0.4) is 0 Å². The van der Waals surface area contributed by atoms with Crippen LogP contribution >= 0.6 is 0 Å². The Morgan fingerprint density at radius 3 is 2.92 bits per heavy atom. The highest BCUT2D eigenvalue weighted by molar-refractivity contribution is 5.88. The highest BCUT2D eigenvalue weighted by Gasteiger charge is 2.16. The van der Waals surface area contributed by atoms with E-state index in [9.17, 15) is 9.90 Å². The van der Waals surface area contributed by atoms with Crippen LogP contribution in [0.5, 0.6) is 5.88 Å². The molecule has 0 aliphatic heterocycles. The summed E-state index contributed by atoms with van der Waals surface area (Å²) < 4.78 is 6.13. The molecule has 2 heterocycles. The lowest BCUT2D eigenvalue weighted by molar-refractivity contribution is 0.0519. The number of carbonyl (C=O) groups is 1. The number of esters is 1. The number of aromatic hydroxyl groups is 1. The number of nitrogens with zero attached hydrogens (tertiary/aromatic N) is 4. The lowest BCUT2D eigenvalue weighted by Gasteiger charge is -2.03. The van der Waals surface area contributed by atoms with Crippen molar-refractivity contribution >= 4 is 11.6 Å². The number of aromatic nitrogens is 3. The van der Waals surface area contributed by atoms with Crippen molar-refractivity contribution in [1.29, 1.82) is 5.26 Å². The predicted molar refractivity (Wildman–Crippen MR) is 85.5 cm³/mol. The van der Waals surface area contributed by atoms with Crippen LogP contribution in [0.4, 0.5) is 0 Å². The fourth-order valence-electron chi connectivity index (χ4n) is 2.43. The van der Waals surface area contributed by atoms with Crippen molar-refractivity contribution in [3.63, 3.8) is 0 Å². The molecule has 0 saturated carbocycles. The minimum atomic E-state index is -0.610. The predicted octanol–water partition coefficient (Wildman–Crippen LogP) is 2.46. The first-order valence-electron chi connectivity index (χ1n) is 7.32. The van der Waals surface area contributed by atoms with Crippen LogP contribution in [0.25, 0.3) is 16.9 Å². The number of hydrogen-bond acceptors (Lipinski definition) is 6. The quantitative estimate of drug-likeness (QED) is 0.743. The van der Waals surface area contributed by atoms with E-state index < -0.39 is 5.97 Å². The second-order valence-electron chi connectivity index (χ2n) is 5.11. The summed E-state index contributed by atoms with van der Waals surface area (Å²) in [6, 6.07) is 10.3. The molecular weight excluding hydrogens is 308 g/mol. The highest BCUT2D eigenvalue weighted by Crippen LogP contribution is 2.26. The Morgan fingerprint density at radius 2 is 2.21 bits per heavy atom. The Hall–Kier alpha value is -3.40. The van der Waals surface area contributed by atoms with Gasteiger partial charge in [0.05, 0.1) is 23.9 Å². The van der Waals surface area contributed by atoms with E-state index in [0.717, 1.165) is 11.1 Å². The first-order valence-corrected chi connectivity index (χ1v) is 7.32. The molecule has 0 fully saturated rings. The first-order chi connectivity index (χ1) is 11.5. The van der Waals surface area contributed by atoms with Gasteiger partial charge in [-0.2, -0.15) is 14.9 Å². The molecule has 0 amide bonds. The van der Waals surface area contributed by atoms with Gasteiger partial charge in [-0.15, -0.1) is 0 Å². The van der Waals surface area contributed by atoms with Gasteiger partial charge in [-0.05, 0) is 25.5 Å². The third kappa shape index (κ3) is 2.54. The van der Waals surface area contributed by atoms with E-state index in [2.05, 4.69) is 16.2 Å². The van der Waals surface area contributed by atoms with Gasteiger partial charge in [0.15, 0.2) is 11.3 Å². The van der Waals surface area contributed by atoms with Crippen molar-refractivity contribution in [3.05, 3.63) is 47.2 Å². The number of fused-ring (bicyclic) bond motifs is 1. The van der Waals surface area contributed by atoms with Gasteiger partial charge in [-0.1, -0.05) is 12.1 Å². The third-order valence-corrected chi connectivity index (χ3v) is 3.62. The zero-order chi connectivity index (χ0) is 17.3. The van der Waals surface area contributed by atoms with Gasteiger partial charge >= 0.3 is 5.97 Å². The molecule has 0 spiro atoms. The zero-order valence-corrected chi connectivity index (χ0v) is 13.1. The Bertz CT molecular complexity index is 985. The van der Waals surface area contributed by atoms with Gasteiger partial charge < -0.3 is 9.84 Å². The normalized spacial score (nSPS) is 10.5. The lowest BCUT2D eigenvalue weighted by atomic mass is 10.0. The van der Waals surface area contributed by atoms with Gasteiger partial charge in [0.1, 0.15) is 0 Å². The van der Waals surface area contributed by atoms with Crippen LogP contribution in [0.15, 0.2) is 30.3 Å². The minimum absolute atomic E-state index is 0.01000. The molecule has 2 aromatic heterocycles. The van der Waals surface area contributed by atoms with Gasteiger partial charge in [-0.25, -0.2) is 9.78 Å². The fraction of sp³-hybridized carbons (Fsp3) is 0.176. The van der Waals surface area contributed by atoms with E-state index in [0.29, 0.717) is 16.9 Å². The zero-order valence-electron chi connectivity index (χ0n) is 13.1. The highest BCUT2D eigenvalue weighted by atomic mass is 16.5. The SMILES string of the molecule is CCOC(=O)c1cc(O)n2nc(-c3cccc(C#N)c3C)cc2n1. The van der Waals surface area contributed by atoms with Crippen molar-refractivity contribution in [3.8, 4) is 23.2 Å². The molecule has 0 atom stereocenters. The lowest BCUT2D eigenvalue weighted by Crippen LogP contribution is -2.08.